The molecule has 1 N–H and O–H groups in total. The van der Waals surface area contributed by atoms with Crippen molar-refractivity contribution in [2.24, 2.45) is 0 Å². The Bertz CT molecular complexity index is 1150. The van der Waals surface area contributed by atoms with Gasteiger partial charge in [-0.1, -0.05) is 24.3 Å². The molecule has 1 atom stereocenters. The van der Waals surface area contributed by atoms with Crippen molar-refractivity contribution in [3.8, 4) is 11.5 Å². The highest BCUT2D eigenvalue weighted by atomic mass is 32.1. The van der Waals surface area contributed by atoms with Crippen molar-refractivity contribution < 1.29 is 24.2 Å². The first-order valence-corrected chi connectivity index (χ1v) is 10.6. The van der Waals surface area contributed by atoms with Gasteiger partial charge in [-0.25, -0.2) is 0 Å². The van der Waals surface area contributed by atoms with E-state index >= 15 is 0 Å². The second kappa shape index (κ2) is 8.65. The average Bonchev–Trinajstić information content (AvgIpc) is 3.41. The molecule has 0 saturated carbocycles. The van der Waals surface area contributed by atoms with Crippen LogP contribution in [0.3, 0.4) is 0 Å². The Morgan fingerprint density at radius 3 is 2.55 bits per heavy atom. The molecule has 31 heavy (non-hydrogen) atoms. The number of Topliss-reactive ketones (excluding diaryl/α,β-unsaturated/α-hetero) is 1. The van der Waals surface area contributed by atoms with Gasteiger partial charge < -0.3 is 14.6 Å². The highest BCUT2D eigenvalue weighted by molar-refractivity contribution is 7.10. The monoisotopic (exact) mass is 435 g/mol. The van der Waals surface area contributed by atoms with Gasteiger partial charge in [0.2, 0.25) is 0 Å². The summed E-state index contributed by atoms with van der Waals surface area (Å²) >= 11 is 1.41. The molecule has 0 bridgehead atoms. The standard InChI is InChI=1S/C24H21NO5S/c1-3-30-18-10-5-8-16(14-18)25-21(19-11-6-12-31-19)20(23(27)24(25)28)22(26)15-7-4-9-17(13-15)29-2/h4-14,21,26H,3H2,1-2H3/b22-20-. The Kier molecular flexibility index (Phi) is 5.77. The van der Waals surface area contributed by atoms with E-state index in [1.807, 2.05) is 24.4 Å². The normalized spacial score (nSPS) is 17.7. The lowest BCUT2D eigenvalue weighted by atomic mass is 9.99. The topological polar surface area (TPSA) is 76.1 Å². The maximum atomic E-state index is 13.1. The Balaban J connectivity index is 1.89. The zero-order valence-corrected chi connectivity index (χ0v) is 17.9. The lowest BCUT2D eigenvalue weighted by molar-refractivity contribution is -0.132. The van der Waals surface area contributed by atoms with Gasteiger partial charge >= 0.3 is 0 Å². The molecular formula is C24H21NO5S. The summed E-state index contributed by atoms with van der Waals surface area (Å²) in [5.41, 5.74) is 0.973. The number of aliphatic hydroxyl groups is 1. The third kappa shape index (κ3) is 3.80. The van der Waals surface area contributed by atoms with Gasteiger partial charge in [0.1, 0.15) is 23.3 Å². The molecule has 1 saturated heterocycles. The third-order valence-corrected chi connectivity index (χ3v) is 5.93. The molecule has 1 aliphatic rings. The molecule has 6 nitrogen and oxygen atoms in total. The van der Waals surface area contributed by atoms with Crippen molar-refractivity contribution >= 4 is 34.5 Å². The molecule has 0 aliphatic carbocycles. The number of nitrogens with zero attached hydrogens (tertiary/aromatic N) is 1. The van der Waals surface area contributed by atoms with Gasteiger partial charge in [-0.05, 0) is 42.6 Å². The number of anilines is 1. The molecule has 0 spiro atoms. The Labute approximate surface area is 184 Å². The van der Waals surface area contributed by atoms with Crippen molar-refractivity contribution in [3.05, 3.63) is 82.1 Å². The fourth-order valence-corrected chi connectivity index (χ4v) is 4.45. The number of hydrogen-bond acceptors (Lipinski definition) is 6. The molecule has 0 radical (unpaired) electrons. The maximum absolute atomic E-state index is 13.1. The molecule has 2 heterocycles. The summed E-state index contributed by atoms with van der Waals surface area (Å²) in [7, 11) is 1.52. The van der Waals surface area contributed by atoms with E-state index in [0.29, 0.717) is 29.4 Å². The highest BCUT2D eigenvalue weighted by Crippen LogP contribution is 2.44. The fraction of sp³-hybridized carbons (Fsp3) is 0.167. The van der Waals surface area contributed by atoms with Gasteiger partial charge in [0, 0.05) is 22.2 Å². The molecule has 3 aromatic rings. The lowest BCUT2D eigenvalue weighted by Gasteiger charge is -2.24. The zero-order valence-electron chi connectivity index (χ0n) is 17.1. The van der Waals surface area contributed by atoms with Crippen molar-refractivity contribution in [3.63, 3.8) is 0 Å². The molecule has 1 amide bonds. The second-order valence-electron chi connectivity index (χ2n) is 6.85. The van der Waals surface area contributed by atoms with Gasteiger partial charge in [-0.3, -0.25) is 14.5 Å². The number of hydrogen-bond donors (Lipinski definition) is 1. The average molecular weight is 436 g/mol. The number of methoxy groups -OCH3 is 1. The molecule has 1 aliphatic heterocycles. The highest BCUT2D eigenvalue weighted by Gasteiger charge is 2.47. The molecule has 158 valence electrons. The van der Waals surface area contributed by atoms with Crippen molar-refractivity contribution in [2.45, 2.75) is 13.0 Å². The van der Waals surface area contributed by atoms with E-state index in [1.165, 1.54) is 23.3 Å². The predicted molar refractivity (Wildman–Crippen MR) is 120 cm³/mol. The van der Waals surface area contributed by atoms with Crippen molar-refractivity contribution in [1.29, 1.82) is 0 Å². The van der Waals surface area contributed by atoms with Crippen LogP contribution in [-0.4, -0.2) is 30.5 Å². The first-order valence-electron chi connectivity index (χ1n) is 9.76. The summed E-state index contributed by atoms with van der Waals surface area (Å²) in [6, 6.07) is 16.7. The van der Waals surface area contributed by atoms with E-state index < -0.39 is 17.7 Å². The van der Waals surface area contributed by atoms with Gasteiger partial charge in [0.25, 0.3) is 11.7 Å². The number of ether oxygens (including phenoxy) is 2. The van der Waals surface area contributed by atoms with Crippen LogP contribution in [0.25, 0.3) is 5.76 Å². The number of carbonyl (C=O) groups excluding carboxylic acids is 2. The Morgan fingerprint density at radius 2 is 1.84 bits per heavy atom. The SMILES string of the molecule is CCOc1cccc(N2C(=O)C(=O)/C(=C(\O)c3cccc(OC)c3)C2c2cccs2)c1. The molecule has 7 heteroatoms. The second-order valence-corrected chi connectivity index (χ2v) is 7.83. The first kappa shape index (κ1) is 20.7. The number of benzene rings is 2. The predicted octanol–water partition coefficient (Wildman–Crippen LogP) is 4.78. The summed E-state index contributed by atoms with van der Waals surface area (Å²) in [4.78, 5) is 28.4. The number of amides is 1. The first-order chi connectivity index (χ1) is 15.0. The van der Waals surface area contributed by atoms with Crippen LogP contribution in [0.4, 0.5) is 5.69 Å². The zero-order chi connectivity index (χ0) is 22.0. The summed E-state index contributed by atoms with van der Waals surface area (Å²) in [5.74, 6) is -0.536. The molecule has 4 rings (SSSR count). The maximum Gasteiger partial charge on any atom is 0.300 e. The third-order valence-electron chi connectivity index (χ3n) is 5.01. The number of rotatable bonds is 6. The largest absolute Gasteiger partial charge is 0.507 e. The van der Waals surface area contributed by atoms with Gasteiger partial charge in [0.15, 0.2) is 0 Å². The van der Waals surface area contributed by atoms with E-state index in [4.69, 9.17) is 9.47 Å². The molecule has 2 aromatic carbocycles. The lowest BCUT2D eigenvalue weighted by Crippen LogP contribution is -2.29. The van der Waals surface area contributed by atoms with Crippen LogP contribution in [0.2, 0.25) is 0 Å². The van der Waals surface area contributed by atoms with E-state index in [-0.39, 0.29) is 11.3 Å². The van der Waals surface area contributed by atoms with Crippen molar-refractivity contribution in [1.82, 2.24) is 0 Å². The van der Waals surface area contributed by atoms with Crippen LogP contribution >= 0.6 is 11.3 Å². The van der Waals surface area contributed by atoms with Gasteiger partial charge in [0.05, 0.1) is 19.3 Å². The van der Waals surface area contributed by atoms with Gasteiger partial charge in [-0.15, -0.1) is 11.3 Å². The summed E-state index contributed by atoms with van der Waals surface area (Å²) in [6.07, 6.45) is 0. The molecule has 1 aromatic heterocycles. The molecule has 1 unspecified atom stereocenters. The number of aliphatic hydroxyl groups excluding tert-OH is 1. The van der Waals surface area contributed by atoms with Crippen LogP contribution in [-0.2, 0) is 9.59 Å². The smallest absolute Gasteiger partial charge is 0.300 e. The summed E-state index contributed by atoms with van der Waals surface area (Å²) in [6.45, 7) is 2.35. The van der Waals surface area contributed by atoms with E-state index in [0.717, 1.165) is 4.88 Å². The minimum Gasteiger partial charge on any atom is -0.507 e. The quantitative estimate of drug-likeness (QED) is 0.343. The number of ketones is 1. The minimum absolute atomic E-state index is 0.0440. The Morgan fingerprint density at radius 1 is 1.06 bits per heavy atom. The van der Waals surface area contributed by atoms with E-state index in [2.05, 4.69) is 0 Å². The summed E-state index contributed by atoms with van der Waals surface area (Å²) < 4.78 is 10.8. The van der Waals surface area contributed by atoms with Crippen LogP contribution in [0.1, 0.15) is 23.4 Å². The van der Waals surface area contributed by atoms with Crippen LogP contribution < -0.4 is 14.4 Å². The van der Waals surface area contributed by atoms with Crippen LogP contribution in [0.15, 0.2) is 71.6 Å². The number of thiophene rings is 1. The van der Waals surface area contributed by atoms with Crippen LogP contribution in [0.5, 0.6) is 11.5 Å². The summed E-state index contributed by atoms with van der Waals surface area (Å²) in [5, 5.41) is 13.0. The van der Waals surface area contributed by atoms with E-state index in [9.17, 15) is 14.7 Å². The van der Waals surface area contributed by atoms with Crippen LogP contribution in [0, 0.1) is 0 Å². The number of carbonyl (C=O) groups is 2. The fourth-order valence-electron chi connectivity index (χ4n) is 3.63. The molecule has 1 fully saturated rings. The van der Waals surface area contributed by atoms with Crippen molar-refractivity contribution in [2.75, 3.05) is 18.6 Å². The van der Waals surface area contributed by atoms with E-state index in [1.54, 1.807) is 48.5 Å². The van der Waals surface area contributed by atoms with Gasteiger partial charge in [-0.2, -0.15) is 0 Å². The minimum atomic E-state index is -0.747. The molecular weight excluding hydrogens is 414 g/mol. The Hall–Kier alpha value is -3.58.